The Morgan fingerprint density at radius 2 is 1.80 bits per heavy atom. The average molecular weight is 644 g/mol. The monoisotopic (exact) mass is 643 g/mol. The second-order valence-corrected chi connectivity index (χ2v) is 11.0. The van der Waals surface area contributed by atoms with Gasteiger partial charge in [-0.25, -0.2) is 9.19 Å². The molecule has 0 saturated heterocycles. The second kappa shape index (κ2) is 15.0. The van der Waals surface area contributed by atoms with Crippen molar-refractivity contribution in [3.63, 3.8) is 0 Å². The van der Waals surface area contributed by atoms with Gasteiger partial charge in [-0.1, -0.05) is 17.7 Å². The van der Waals surface area contributed by atoms with Crippen LogP contribution in [0.1, 0.15) is 23.0 Å². The van der Waals surface area contributed by atoms with E-state index in [0.717, 1.165) is 16.6 Å². The van der Waals surface area contributed by atoms with Crippen LogP contribution in [0.3, 0.4) is 0 Å². The van der Waals surface area contributed by atoms with Crippen LogP contribution in [-0.2, 0) is 11.0 Å². The quantitative estimate of drug-likeness (QED) is 0.173. The summed E-state index contributed by atoms with van der Waals surface area (Å²) in [5, 5.41) is 3.36. The van der Waals surface area contributed by atoms with E-state index in [0.29, 0.717) is 56.0 Å². The van der Waals surface area contributed by atoms with Crippen LogP contribution in [0.4, 0.5) is 11.4 Å². The molecule has 0 spiro atoms. The van der Waals surface area contributed by atoms with Crippen LogP contribution >= 0.6 is 11.6 Å². The van der Waals surface area contributed by atoms with E-state index in [1.165, 1.54) is 6.20 Å². The van der Waals surface area contributed by atoms with Gasteiger partial charge in [0, 0.05) is 53.1 Å². The number of allylic oxidation sites excluding steroid dienone is 1. The van der Waals surface area contributed by atoms with Gasteiger partial charge in [0.25, 0.3) is 5.91 Å². The van der Waals surface area contributed by atoms with Gasteiger partial charge in [-0.2, -0.15) is 0 Å². The number of pyridine rings is 1. The molecule has 1 unspecified atom stereocenters. The normalized spacial score (nSPS) is 12.0. The van der Waals surface area contributed by atoms with Gasteiger partial charge >= 0.3 is 0 Å². The maximum atomic E-state index is 13.6. The number of ether oxygens (including phenoxy) is 1. The first-order chi connectivity index (χ1) is 21.4. The molecule has 0 radical (unpaired) electrons. The number of carbonyl (C=O) groups is 1. The molecular formula is C32H30ClN7O4S. The summed E-state index contributed by atoms with van der Waals surface area (Å²) in [4.78, 5) is 30.7. The number of amides is 1. The summed E-state index contributed by atoms with van der Waals surface area (Å²) >= 11 is 5.94. The van der Waals surface area contributed by atoms with E-state index >= 15 is 0 Å². The number of aliphatic imine (C=N–C) groups is 1. The third kappa shape index (κ3) is 7.87. The van der Waals surface area contributed by atoms with Crippen LogP contribution in [0, 0.1) is 0 Å². The third-order valence-electron chi connectivity index (χ3n) is 6.38. The Labute approximate surface area is 267 Å². The van der Waals surface area contributed by atoms with E-state index in [-0.39, 0.29) is 11.4 Å². The Morgan fingerprint density at radius 3 is 2.53 bits per heavy atom. The minimum Gasteiger partial charge on any atom is -0.493 e. The van der Waals surface area contributed by atoms with Crippen LogP contribution in [0.25, 0.3) is 27.7 Å². The van der Waals surface area contributed by atoms with Gasteiger partial charge in [0.1, 0.15) is 10.6 Å². The summed E-state index contributed by atoms with van der Waals surface area (Å²) in [6, 6.07) is 19.1. The summed E-state index contributed by atoms with van der Waals surface area (Å²) < 4.78 is 22.3. The van der Waals surface area contributed by atoms with Crippen LogP contribution in [0.15, 0.2) is 101 Å². The molecule has 1 amide bonds. The van der Waals surface area contributed by atoms with Crippen LogP contribution < -0.4 is 20.5 Å². The van der Waals surface area contributed by atoms with E-state index in [1.54, 1.807) is 74.3 Å². The molecule has 45 heavy (non-hydrogen) atoms. The highest BCUT2D eigenvalue weighted by Gasteiger charge is 2.16. The van der Waals surface area contributed by atoms with Gasteiger partial charge in [-0.3, -0.25) is 24.5 Å². The smallest absolute Gasteiger partial charge is 0.255 e. The summed E-state index contributed by atoms with van der Waals surface area (Å²) in [5.74, 6) is 0.100. The van der Waals surface area contributed by atoms with Crippen molar-refractivity contribution >= 4 is 62.7 Å². The van der Waals surface area contributed by atoms with E-state index in [2.05, 4.69) is 25.0 Å². The Morgan fingerprint density at radius 1 is 1.00 bits per heavy atom. The molecule has 2 aromatic heterocycles. The van der Waals surface area contributed by atoms with Crippen molar-refractivity contribution in [3.05, 3.63) is 108 Å². The number of anilines is 2. The first-order valence-electron chi connectivity index (χ1n) is 13.5. The van der Waals surface area contributed by atoms with Crippen molar-refractivity contribution in [1.29, 1.82) is 0 Å². The van der Waals surface area contributed by atoms with E-state index in [4.69, 9.17) is 27.1 Å². The van der Waals surface area contributed by atoms with E-state index < -0.39 is 11.0 Å². The summed E-state index contributed by atoms with van der Waals surface area (Å²) in [6.45, 7) is 2.21. The number of aromatic nitrogens is 3. The molecule has 230 valence electrons. The first-order valence-corrected chi connectivity index (χ1v) is 15.0. The first kappa shape index (κ1) is 32.7. The van der Waals surface area contributed by atoms with Crippen molar-refractivity contribution in [2.75, 3.05) is 23.7 Å². The molecule has 5 aromatic rings. The molecule has 5 rings (SSSR count). The molecule has 2 heterocycles. The topological polar surface area (TPSA) is 176 Å². The number of nitrogens with one attached hydrogen (secondary N) is 2. The molecule has 13 heteroatoms. The zero-order chi connectivity index (χ0) is 31.1. The van der Waals surface area contributed by atoms with Crippen molar-refractivity contribution in [1.82, 2.24) is 15.0 Å². The van der Waals surface area contributed by atoms with Gasteiger partial charge in [-0.05, 0) is 73.2 Å². The molecule has 0 saturated carbocycles. The van der Waals surface area contributed by atoms with Crippen LogP contribution in [0.5, 0.6) is 5.75 Å². The molecule has 6 N–H and O–H groups in total. The number of rotatable bonds is 10. The molecule has 3 aromatic carbocycles. The zero-order valence-electron chi connectivity index (χ0n) is 24.3. The summed E-state index contributed by atoms with van der Waals surface area (Å²) in [5.41, 5.74) is 11.4. The lowest BCUT2D eigenvalue weighted by Gasteiger charge is -2.14. The van der Waals surface area contributed by atoms with E-state index in [1.807, 2.05) is 31.2 Å². The third-order valence-corrected chi connectivity index (χ3v) is 7.77. The molecule has 0 aliphatic carbocycles. The zero-order valence-corrected chi connectivity index (χ0v) is 25.9. The second-order valence-electron chi connectivity index (χ2n) is 9.36. The molecule has 0 aliphatic rings. The largest absolute Gasteiger partial charge is 0.493 e. The van der Waals surface area contributed by atoms with Crippen molar-refractivity contribution < 1.29 is 19.2 Å². The molecule has 1 atom stereocenters. The average Bonchev–Trinajstić information content (AvgIpc) is 3.04. The lowest BCUT2D eigenvalue weighted by atomic mass is 10.1. The van der Waals surface area contributed by atoms with Gasteiger partial charge in [0.15, 0.2) is 11.0 Å². The fraction of sp³-hybridized carbons (Fsp3) is 0.0938. The highest BCUT2D eigenvalue weighted by Crippen LogP contribution is 2.29. The Bertz CT molecular complexity index is 1920. The maximum absolute atomic E-state index is 13.6. The van der Waals surface area contributed by atoms with Crippen molar-refractivity contribution in [2.45, 2.75) is 11.8 Å². The van der Waals surface area contributed by atoms with Gasteiger partial charge in [0.2, 0.25) is 0 Å². The predicted molar refractivity (Wildman–Crippen MR) is 180 cm³/mol. The molecule has 0 fully saturated rings. The van der Waals surface area contributed by atoms with Gasteiger partial charge < -0.3 is 21.3 Å². The van der Waals surface area contributed by atoms with Crippen LogP contribution in [0.2, 0.25) is 5.02 Å². The van der Waals surface area contributed by atoms with Crippen molar-refractivity contribution in [2.24, 2.45) is 10.7 Å². The fourth-order valence-electron chi connectivity index (χ4n) is 4.29. The number of fused-ring (bicyclic) bond motifs is 1. The van der Waals surface area contributed by atoms with E-state index in [9.17, 15) is 9.00 Å². The lowest BCUT2D eigenvalue weighted by molar-refractivity contribution is 0.102. The minimum absolute atomic E-state index is 0. The molecule has 11 nitrogen and oxygen atoms in total. The summed E-state index contributed by atoms with van der Waals surface area (Å²) in [6.07, 6.45) is 8.00. The Kier molecular flexibility index (Phi) is 10.9. The number of halogens is 1. The standard InChI is InChI=1S/C32H28ClN7O3S.H2O/c1-3-43-30-11-9-25(38-32(41)20-4-7-24(33)8-5-20)14-31(30)44(42)40-26-12-22(17-36-18-26)21-6-10-27-28(13-21)39-29(19-37-27)23(15-34)16-35-2;/h4-19,40H,3,34H2,1-2H3,(H,38,41);1H2. The molecule has 0 bridgehead atoms. The highest BCUT2D eigenvalue weighted by molar-refractivity contribution is 7.86. The number of carbonyl (C=O) groups excluding carboxylic acids is 1. The van der Waals surface area contributed by atoms with Crippen LogP contribution in [-0.4, -0.2) is 50.4 Å². The number of benzene rings is 3. The maximum Gasteiger partial charge on any atom is 0.255 e. The Hall–Kier alpha value is -5.17. The highest BCUT2D eigenvalue weighted by atomic mass is 35.5. The molecule has 0 aliphatic heterocycles. The Balaban J connectivity index is 0.00000461. The fourth-order valence-corrected chi connectivity index (χ4v) is 5.39. The number of hydrogen-bond acceptors (Lipinski definition) is 8. The number of hydrogen-bond donors (Lipinski definition) is 3. The minimum atomic E-state index is -1.76. The number of nitrogens with zero attached hydrogens (tertiary/aromatic N) is 4. The molecular weight excluding hydrogens is 614 g/mol. The van der Waals surface area contributed by atoms with Gasteiger partial charge in [-0.15, -0.1) is 0 Å². The number of nitrogens with two attached hydrogens (primary N) is 1. The van der Waals surface area contributed by atoms with Gasteiger partial charge in [0.05, 0.1) is 41.4 Å². The summed E-state index contributed by atoms with van der Waals surface area (Å²) in [7, 11) is -0.0962. The predicted octanol–water partition coefficient (Wildman–Crippen LogP) is 5.31. The van der Waals surface area contributed by atoms with Crippen molar-refractivity contribution in [3.8, 4) is 16.9 Å². The lowest BCUT2D eigenvalue weighted by Crippen LogP contribution is -2.13. The SMILES string of the molecule is CCOc1ccc(NC(=O)c2ccc(Cl)cc2)cc1S(=O)Nc1cncc(-c2ccc3ncc(C(C=NC)=CN)nc3c2)c1.O.